The van der Waals surface area contributed by atoms with Crippen molar-refractivity contribution in [1.82, 2.24) is 24.7 Å². The Balaban J connectivity index is 1.27. The predicted octanol–water partition coefficient (Wildman–Crippen LogP) is 1.95. The standard InChI is InChI=1S/C23H26N8O4/c1-23(2,33)12-34-15-4-5-16-18(6-15)35-22(29-16)31-9-13(10-31)17-8-25-21(19(28-17)20(24)32)27-14-7-26-30(3)11-14/h4-8,11,13,33H,9-10,12H2,1-3H3,(H2,24,32)(H,25,27). The van der Waals surface area contributed by atoms with Crippen LogP contribution in [0.4, 0.5) is 17.5 Å². The van der Waals surface area contributed by atoms with Crippen molar-refractivity contribution in [3.63, 3.8) is 0 Å². The number of primary amides is 1. The lowest BCUT2D eigenvalue weighted by atomic mass is 9.97. The summed E-state index contributed by atoms with van der Waals surface area (Å²) in [5.41, 5.74) is 7.35. The molecule has 4 aromatic rings. The Morgan fingerprint density at radius 2 is 2.11 bits per heavy atom. The van der Waals surface area contributed by atoms with Crippen molar-refractivity contribution in [1.29, 1.82) is 0 Å². The maximum Gasteiger partial charge on any atom is 0.298 e. The summed E-state index contributed by atoms with van der Waals surface area (Å²) in [6, 6.07) is 5.86. The van der Waals surface area contributed by atoms with Gasteiger partial charge in [-0.05, 0) is 26.0 Å². The van der Waals surface area contributed by atoms with E-state index in [1.807, 2.05) is 11.0 Å². The third-order valence-electron chi connectivity index (χ3n) is 5.50. The summed E-state index contributed by atoms with van der Waals surface area (Å²) in [5.74, 6) is 0.266. The van der Waals surface area contributed by atoms with Crippen LogP contribution in [0.5, 0.6) is 5.75 Å². The number of amides is 1. The van der Waals surface area contributed by atoms with Crippen molar-refractivity contribution in [3.05, 3.63) is 48.2 Å². The van der Waals surface area contributed by atoms with Gasteiger partial charge in [-0.1, -0.05) is 0 Å². The second-order valence-electron chi connectivity index (χ2n) is 9.21. The van der Waals surface area contributed by atoms with Crippen molar-refractivity contribution in [2.75, 3.05) is 29.9 Å². The summed E-state index contributed by atoms with van der Waals surface area (Å²) in [5, 5.41) is 17.0. The molecule has 1 aromatic carbocycles. The molecule has 4 heterocycles. The zero-order valence-electron chi connectivity index (χ0n) is 19.6. The molecule has 3 aromatic heterocycles. The maximum atomic E-state index is 12.0. The molecule has 0 radical (unpaired) electrons. The molecule has 0 atom stereocenters. The minimum Gasteiger partial charge on any atom is -0.490 e. The summed E-state index contributed by atoms with van der Waals surface area (Å²) in [6.45, 7) is 4.74. The van der Waals surface area contributed by atoms with Gasteiger partial charge in [0.15, 0.2) is 17.1 Å². The average Bonchev–Trinajstić information content (AvgIpc) is 3.36. The van der Waals surface area contributed by atoms with Gasteiger partial charge in [0, 0.05) is 38.3 Å². The fourth-order valence-corrected chi connectivity index (χ4v) is 3.68. The van der Waals surface area contributed by atoms with Gasteiger partial charge < -0.3 is 30.2 Å². The number of rotatable bonds is 8. The molecular formula is C23H26N8O4. The van der Waals surface area contributed by atoms with Gasteiger partial charge in [-0.25, -0.2) is 9.97 Å². The first kappa shape index (κ1) is 22.6. The van der Waals surface area contributed by atoms with Gasteiger partial charge in [-0.2, -0.15) is 10.1 Å². The maximum absolute atomic E-state index is 12.0. The molecule has 0 aliphatic carbocycles. The van der Waals surface area contributed by atoms with Crippen molar-refractivity contribution in [2.45, 2.75) is 25.4 Å². The van der Waals surface area contributed by atoms with Crippen LogP contribution in [0.3, 0.4) is 0 Å². The van der Waals surface area contributed by atoms with Crippen LogP contribution >= 0.6 is 0 Å². The van der Waals surface area contributed by atoms with Crippen LogP contribution in [-0.4, -0.2) is 61.0 Å². The van der Waals surface area contributed by atoms with Gasteiger partial charge in [-0.3, -0.25) is 9.48 Å². The monoisotopic (exact) mass is 478 g/mol. The molecule has 12 heteroatoms. The number of fused-ring (bicyclic) bond motifs is 1. The molecule has 1 amide bonds. The third-order valence-corrected chi connectivity index (χ3v) is 5.50. The van der Waals surface area contributed by atoms with Crippen LogP contribution in [0.1, 0.15) is 35.9 Å². The number of hydrogen-bond donors (Lipinski definition) is 3. The minimum atomic E-state index is -0.932. The van der Waals surface area contributed by atoms with Crippen LogP contribution in [0.2, 0.25) is 0 Å². The van der Waals surface area contributed by atoms with Crippen LogP contribution in [-0.2, 0) is 7.05 Å². The molecule has 182 valence electrons. The first-order valence-corrected chi connectivity index (χ1v) is 11.1. The fourth-order valence-electron chi connectivity index (χ4n) is 3.68. The Kier molecular flexibility index (Phi) is 5.52. The normalized spacial score (nSPS) is 14.2. The molecule has 0 spiro atoms. The Morgan fingerprint density at radius 1 is 1.31 bits per heavy atom. The Labute approximate surface area is 200 Å². The molecule has 1 aliphatic rings. The van der Waals surface area contributed by atoms with Crippen molar-refractivity contribution >= 4 is 34.5 Å². The first-order valence-electron chi connectivity index (χ1n) is 11.1. The highest BCUT2D eigenvalue weighted by molar-refractivity contribution is 5.96. The number of benzene rings is 1. The fraction of sp³-hybridized carbons (Fsp3) is 0.348. The lowest BCUT2D eigenvalue weighted by Crippen LogP contribution is -2.45. The van der Waals surface area contributed by atoms with E-state index in [4.69, 9.17) is 14.9 Å². The van der Waals surface area contributed by atoms with E-state index in [-0.39, 0.29) is 24.0 Å². The highest BCUT2D eigenvalue weighted by Crippen LogP contribution is 2.33. The summed E-state index contributed by atoms with van der Waals surface area (Å²) >= 11 is 0. The van der Waals surface area contributed by atoms with Crippen molar-refractivity contribution < 1.29 is 19.1 Å². The molecule has 1 saturated heterocycles. The molecule has 5 rings (SSSR count). The van der Waals surface area contributed by atoms with E-state index in [0.717, 1.165) is 0 Å². The number of ether oxygens (including phenoxy) is 1. The first-order chi connectivity index (χ1) is 16.6. The number of carbonyl (C=O) groups is 1. The Hall–Kier alpha value is -4.19. The van der Waals surface area contributed by atoms with Gasteiger partial charge >= 0.3 is 0 Å². The van der Waals surface area contributed by atoms with Gasteiger partial charge in [0.05, 0.1) is 29.4 Å². The number of carbonyl (C=O) groups excluding carboxylic acids is 1. The van der Waals surface area contributed by atoms with Crippen LogP contribution in [0.25, 0.3) is 11.1 Å². The van der Waals surface area contributed by atoms with E-state index < -0.39 is 11.5 Å². The quantitative estimate of drug-likeness (QED) is 0.342. The lowest BCUT2D eigenvalue weighted by molar-refractivity contribution is 0.0285. The molecule has 12 nitrogen and oxygen atoms in total. The lowest BCUT2D eigenvalue weighted by Gasteiger charge is -2.37. The third kappa shape index (κ3) is 4.87. The van der Waals surface area contributed by atoms with Gasteiger partial charge in [0.25, 0.3) is 11.9 Å². The second kappa shape index (κ2) is 8.55. The van der Waals surface area contributed by atoms with E-state index in [1.165, 1.54) is 0 Å². The van der Waals surface area contributed by atoms with E-state index in [1.54, 1.807) is 56.3 Å². The van der Waals surface area contributed by atoms with E-state index >= 15 is 0 Å². The number of aliphatic hydroxyl groups is 1. The molecular weight excluding hydrogens is 452 g/mol. The molecule has 0 saturated carbocycles. The zero-order chi connectivity index (χ0) is 24.7. The summed E-state index contributed by atoms with van der Waals surface area (Å²) in [4.78, 5) is 27.4. The van der Waals surface area contributed by atoms with E-state index in [0.29, 0.717) is 47.3 Å². The SMILES string of the molecule is Cn1cc(Nc2ncc(C3CN(c4nc5ccc(OCC(C)(C)O)cc5o4)C3)nc2C(N)=O)cn1. The van der Waals surface area contributed by atoms with Gasteiger partial charge in [0.1, 0.15) is 17.9 Å². The Bertz CT molecular complexity index is 1380. The number of oxazole rings is 1. The van der Waals surface area contributed by atoms with Crippen LogP contribution in [0, 0.1) is 0 Å². The second-order valence-corrected chi connectivity index (χ2v) is 9.21. The number of aromatic nitrogens is 5. The number of aryl methyl sites for hydroxylation is 1. The molecule has 4 N–H and O–H groups in total. The van der Waals surface area contributed by atoms with E-state index in [9.17, 15) is 9.90 Å². The van der Waals surface area contributed by atoms with Crippen molar-refractivity contribution in [2.24, 2.45) is 12.8 Å². The molecule has 1 aliphatic heterocycles. The van der Waals surface area contributed by atoms with Gasteiger partial charge in [0.2, 0.25) is 0 Å². The number of nitrogens with two attached hydrogens (primary N) is 1. The summed E-state index contributed by atoms with van der Waals surface area (Å²) < 4.78 is 13.2. The molecule has 35 heavy (non-hydrogen) atoms. The number of nitrogens with zero attached hydrogens (tertiary/aromatic N) is 6. The highest BCUT2D eigenvalue weighted by Gasteiger charge is 2.33. The molecule has 1 fully saturated rings. The zero-order valence-corrected chi connectivity index (χ0v) is 19.6. The van der Waals surface area contributed by atoms with Gasteiger partial charge in [-0.15, -0.1) is 0 Å². The summed E-state index contributed by atoms with van der Waals surface area (Å²) in [6.07, 6.45) is 5.02. The minimum absolute atomic E-state index is 0.0498. The largest absolute Gasteiger partial charge is 0.490 e. The smallest absolute Gasteiger partial charge is 0.298 e. The molecule has 0 bridgehead atoms. The highest BCUT2D eigenvalue weighted by atomic mass is 16.5. The number of anilines is 3. The topological polar surface area (TPSA) is 157 Å². The summed E-state index contributed by atoms with van der Waals surface area (Å²) in [7, 11) is 1.79. The predicted molar refractivity (Wildman–Crippen MR) is 128 cm³/mol. The molecule has 0 unspecified atom stereocenters. The average molecular weight is 479 g/mol. The van der Waals surface area contributed by atoms with Crippen LogP contribution < -0.4 is 20.7 Å². The van der Waals surface area contributed by atoms with Crippen LogP contribution in [0.15, 0.2) is 41.2 Å². The number of hydrogen-bond acceptors (Lipinski definition) is 10. The Morgan fingerprint density at radius 3 is 2.80 bits per heavy atom. The van der Waals surface area contributed by atoms with E-state index in [2.05, 4.69) is 25.4 Å². The van der Waals surface area contributed by atoms with Crippen molar-refractivity contribution in [3.8, 4) is 5.75 Å². The number of nitrogens with one attached hydrogen (secondary N) is 1.